The number of carbonyl (C=O) groups is 1. The van der Waals surface area contributed by atoms with Crippen molar-refractivity contribution in [3.63, 3.8) is 0 Å². The Labute approximate surface area is 141 Å². The number of thiophene rings is 1. The lowest BCUT2D eigenvalue weighted by atomic mass is 10.1. The van der Waals surface area contributed by atoms with Gasteiger partial charge in [-0.25, -0.2) is 4.39 Å². The van der Waals surface area contributed by atoms with Crippen molar-refractivity contribution in [2.45, 2.75) is 17.3 Å². The summed E-state index contributed by atoms with van der Waals surface area (Å²) in [6, 6.07) is 9.53. The van der Waals surface area contributed by atoms with Crippen LogP contribution in [-0.2, 0) is 7.05 Å². The molecular weight excluding hydrogens is 333 g/mol. The van der Waals surface area contributed by atoms with Gasteiger partial charge in [-0.05, 0) is 42.6 Å². The molecule has 1 atom stereocenters. The topological polar surface area (TPSA) is 47.8 Å². The zero-order valence-electron chi connectivity index (χ0n) is 12.6. The first-order valence-corrected chi connectivity index (χ1v) is 8.72. The molecule has 0 aliphatic carbocycles. The average Bonchev–Trinajstić information content (AvgIpc) is 3.18. The highest BCUT2D eigenvalue weighted by molar-refractivity contribution is 8.00. The Bertz CT molecular complexity index is 812. The molecule has 0 saturated heterocycles. The van der Waals surface area contributed by atoms with E-state index in [0.29, 0.717) is 10.7 Å². The monoisotopic (exact) mass is 347 g/mol. The van der Waals surface area contributed by atoms with Gasteiger partial charge in [0.15, 0.2) is 16.8 Å². The lowest BCUT2D eigenvalue weighted by Crippen LogP contribution is -2.14. The molecule has 7 heteroatoms. The maximum atomic E-state index is 13.0. The number of halogens is 1. The first-order valence-electron chi connectivity index (χ1n) is 6.96. The smallest absolute Gasteiger partial charge is 0.191 e. The third kappa shape index (κ3) is 3.35. The first kappa shape index (κ1) is 15.9. The molecule has 118 valence electrons. The molecule has 2 aromatic heterocycles. The number of nitrogens with zero attached hydrogens (tertiary/aromatic N) is 3. The zero-order chi connectivity index (χ0) is 16.4. The largest absolute Gasteiger partial charge is 0.304 e. The van der Waals surface area contributed by atoms with Crippen LogP contribution in [0.3, 0.4) is 0 Å². The van der Waals surface area contributed by atoms with E-state index >= 15 is 0 Å². The van der Waals surface area contributed by atoms with E-state index in [9.17, 15) is 9.18 Å². The summed E-state index contributed by atoms with van der Waals surface area (Å²) < 4.78 is 14.8. The third-order valence-corrected chi connectivity index (χ3v) is 5.36. The van der Waals surface area contributed by atoms with Crippen LogP contribution in [-0.4, -0.2) is 25.8 Å². The predicted molar refractivity (Wildman–Crippen MR) is 90.4 cm³/mol. The Hall–Kier alpha value is -1.99. The summed E-state index contributed by atoms with van der Waals surface area (Å²) in [5.74, 6) is 0.371. The second-order valence-electron chi connectivity index (χ2n) is 4.97. The molecule has 3 rings (SSSR count). The van der Waals surface area contributed by atoms with Crippen LogP contribution in [0.2, 0.25) is 0 Å². The van der Waals surface area contributed by atoms with Crippen molar-refractivity contribution in [2.75, 3.05) is 0 Å². The maximum Gasteiger partial charge on any atom is 0.191 e. The van der Waals surface area contributed by atoms with E-state index in [1.54, 1.807) is 11.3 Å². The standard InChI is InChI=1S/C16H14FN3OS2/c1-10(14(21)11-5-7-12(17)8-6-11)23-16-19-18-15(20(16)2)13-4-3-9-22-13/h3-10H,1-2H3. The van der Waals surface area contributed by atoms with Crippen LogP contribution >= 0.6 is 23.1 Å². The summed E-state index contributed by atoms with van der Waals surface area (Å²) in [4.78, 5) is 13.4. The van der Waals surface area contributed by atoms with Crippen molar-refractivity contribution in [2.24, 2.45) is 7.05 Å². The Balaban J connectivity index is 1.77. The second-order valence-corrected chi connectivity index (χ2v) is 7.23. The Morgan fingerprint density at radius 1 is 1.26 bits per heavy atom. The van der Waals surface area contributed by atoms with E-state index in [4.69, 9.17) is 0 Å². The van der Waals surface area contributed by atoms with Crippen molar-refractivity contribution in [3.8, 4) is 10.7 Å². The summed E-state index contributed by atoms with van der Waals surface area (Å²) in [5, 5.41) is 10.7. The molecule has 3 aromatic rings. The zero-order valence-corrected chi connectivity index (χ0v) is 14.2. The SMILES string of the molecule is CC(Sc1nnc(-c2cccs2)n1C)C(=O)c1ccc(F)cc1. The molecule has 0 saturated carbocycles. The molecule has 1 unspecified atom stereocenters. The molecule has 0 bridgehead atoms. The van der Waals surface area contributed by atoms with Gasteiger partial charge in [0, 0.05) is 12.6 Å². The van der Waals surface area contributed by atoms with Crippen molar-refractivity contribution in [1.29, 1.82) is 0 Å². The number of benzene rings is 1. The maximum absolute atomic E-state index is 13.0. The number of Topliss-reactive ketones (excluding diaryl/α,β-unsaturated/α-hetero) is 1. The van der Waals surface area contributed by atoms with Gasteiger partial charge in [0.25, 0.3) is 0 Å². The van der Waals surface area contributed by atoms with E-state index in [2.05, 4.69) is 10.2 Å². The molecule has 4 nitrogen and oxygen atoms in total. The Morgan fingerprint density at radius 3 is 2.65 bits per heavy atom. The summed E-state index contributed by atoms with van der Waals surface area (Å²) in [5.41, 5.74) is 0.493. The van der Waals surface area contributed by atoms with Crippen LogP contribution < -0.4 is 0 Å². The lowest BCUT2D eigenvalue weighted by Gasteiger charge is -2.10. The average molecular weight is 347 g/mol. The Morgan fingerprint density at radius 2 is 2.00 bits per heavy atom. The highest BCUT2D eigenvalue weighted by Gasteiger charge is 2.20. The van der Waals surface area contributed by atoms with Crippen LogP contribution in [0.25, 0.3) is 10.7 Å². The Kier molecular flexibility index (Phi) is 4.58. The van der Waals surface area contributed by atoms with E-state index in [1.165, 1.54) is 36.0 Å². The number of hydrogen-bond donors (Lipinski definition) is 0. The molecular formula is C16H14FN3OS2. The van der Waals surface area contributed by atoms with Crippen molar-refractivity contribution < 1.29 is 9.18 Å². The molecule has 1 aromatic carbocycles. The van der Waals surface area contributed by atoms with E-state index in [-0.39, 0.29) is 16.9 Å². The van der Waals surface area contributed by atoms with Crippen LogP contribution in [0, 0.1) is 5.82 Å². The molecule has 0 spiro atoms. The fourth-order valence-electron chi connectivity index (χ4n) is 2.10. The minimum Gasteiger partial charge on any atom is -0.304 e. The first-order chi connectivity index (χ1) is 11.1. The van der Waals surface area contributed by atoms with Gasteiger partial charge in [0.05, 0.1) is 10.1 Å². The number of carbonyl (C=O) groups excluding carboxylic acids is 1. The minimum absolute atomic E-state index is 0.0596. The summed E-state index contributed by atoms with van der Waals surface area (Å²) in [6.45, 7) is 1.82. The third-order valence-electron chi connectivity index (χ3n) is 3.36. The summed E-state index contributed by atoms with van der Waals surface area (Å²) in [7, 11) is 1.88. The van der Waals surface area contributed by atoms with Crippen LogP contribution in [0.1, 0.15) is 17.3 Å². The van der Waals surface area contributed by atoms with Gasteiger partial charge < -0.3 is 4.57 Å². The second kappa shape index (κ2) is 6.64. The molecule has 0 aliphatic rings. The van der Waals surface area contributed by atoms with Crippen molar-refractivity contribution >= 4 is 28.9 Å². The molecule has 2 heterocycles. The summed E-state index contributed by atoms with van der Waals surface area (Å²) in [6.07, 6.45) is 0. The number of rotatable bonds is 5. The molecule has 0 N–H and O–H groups in total. The van der Waals surface area contributed by atoms with Crippen LogP contribution in [0.15, 0.2) is 46.9 Å². The fraction of sp³-hybridized carbons (Fsp3) is 0.188. The van der Waals surface area contributed by atoms with E-state index in [1.807, 2.05) is 36.1 Å². The van der Waals surface area contributed by atoms with Crippen LogP contribution in [0.4, 0.5) is 4.39 Å². The molecule has 0 fully saturated rings. The normalized spacial score (nSPS) is 12.3. The minimum atomic E-state index is -0.351. The highest BCUT2D eigenvalue weighted by Crippen LogP contribution is 2.29. The van der Waals surface area contributed by atoms with Gasteiger partial charge in [-0.3, -0.25) is 4.79 Å². The quantitative estimate of drug-likeness (QED) is 0.516. The van der Waals surface area contributed by atoms with E-state index in [0.717, 1.165) is 10.7 Å². The fourth-order valence-corrected chi connectivity index (χ4v) is 3.73. The predicted octanol–water partition coefficient (Wildman–Crippen LogP) is 4.05. The van der Waals surface area contributed by atoms with Gasteiger partial charge in [-0.15, -0.1) is 21.5 Å². The highest BCUT2D eigenvalue weighted by atomic mass is 32.2. The number of hydrogen-bond acceptors (Lipinski definition) is 5. The van der Waals surface area contributed by atoms with Gasteiger partial charge in [0.2, 0.25) is 0 Å². The molecule has 0 radical (unpaired) electrons. The van der Waals surface area contributed by atoms with Gasteiger partial charge in [-0.1, -0.05) is 17.8 Å². The number of thioether (sulfide) groups is 1. The summed E-state index contributed by atoms with van der Waals surface area (Å²) >= 11 is 2.94. The van der Waals surface area contributed by atoms with Gasteiger partial charge in [-0.2, -0.15) is 0 Å². The van der Waals surface area contributed by atoms with E-state index < -0.39 is 0 Å². The molecule has 0 amide bonds. The lowest BCUT2D eigenvalue weighted by molar-refractivity contribution is 0.0994. The number of aromatic nitrogens is 3. The van der Waals surface area contributed by atoms with Crippen molar-refractivity contribution in [1.82, 2.24) is 14.8 Å². The van der Waals surface area contributed by atoms with Crippen molar-refractivity contribution in [3.05, 3.63) is 53.2 Å². The van der Waals surface area contributed by atoms with Gasteiger partial charge in [0.1, 0.15) is 5.82 Å². The van der Waals surface area contributed by atoms with Gasteiger partial charge >= 0.3 is 0 Å². The molecule has 0 aliphatic heterocycles. The van der Waals surface area contributed by atoms with Crippen LogP contribution in [0.5, 0.6) is 0 Å². The number of ketones is 1. The molecule has 23 heavy (non-hydrogen) atoms.